The molecule has 0 bridgehead atoms. The van der Waals surface area contributed by atoms with Gasteiger partial charge in [0.15, 0.2) is 5.78 Å². The van der Waals surface area contributed by atoms with Crippen molar-refractivity contribution in [3.63, 3.8) is 0 Å². The van der Waals surface area contributed by atoms with E-state index in [4.69, 9.17) is 0 Å². The van der Waals surface area contributed by atoms with Crippen LogP contribution in [0.5, 0.6) is 0 Å². The van der Waals surface area contributed by atoms with Gasteiger partial charge in [0, 0.05) is 12.0 Å². The lowest BCUT2D eigenvalue weighted by Gasteiger charge is -2.09. The fraction of sp³-hybridized carbons (Fsp3) is 0.278. The third-order valence-corrected chi connectivity index (χ3v) is 3.84. The van der Waals surface area contributed by atoms with Crippen molar-refractivity contribution in [2.24, 2.45) is 0 Å². The van der Waals surface area contributed by atoms with Crippen LogP contribution in [0, 0.1) is 27.7 Å². The van der Waals surface area contributed by atoms with Gasteiger partial charge in [0.2, 0.25) is 0 Å². The molecule has 0 saturated heterocycles. The molecular weight excluding hydrogens is 232 g/mol. The van der Waals surface area contributed by atoms with E-state index in [9.17, 15) is 4.79 Å². The molecular formula is C18H20O. The lowest BCUT2D eigenvalue weighted by Crippen LogP contribution is -2.06. The second kappa shape index (κ2) is 5.40. The van der Waals surface area contributed by atoms with E-state index in [0.29, 0.717) is 6.42 Å². The predicted molar refractivity (Wildman–Crippen MR) is 79.9 cm³/mol. The predicted octanol–water partition coefficient (Wildman–Crippen LogP) is 4.35. The molecule has 0 radical (unpaired) electrons. The van der Waals surface area contributed by atoms with Crippen LogP contribution in [-0.2, 0) is 6.42 Å². The first-order valence-electron chi connectivity index (χ1n) is 6.64. The van der Waals surface area contributed by atoms with E-state index in [2.05, 4.69) is 26.0 Å². The summed E-state index contributed by atoms with van der Waals surface area (Å²) in [6, 6.07) is 12.2. The third kappa shape index (κ3) is 2.93. The summed E-state index contributed by atoms with van der Waals surface area (Å²) in [5.74, 6) is 0.199. The highest BCUT2D eigenvalue weighted by Crippen LogP contribution is 2.17. The van der Waals surface area contributed by atoms with Crippen LogP contribution in [0.2, 0.25) is 0 Å². The quantitative estimate of drug-likeness (QED) is 0.742. The van der Waals surface area contributed by atoms with Crippen LogP contribution in [-0.4, -0.2) is 5.78 Å². The molecule has 0 aromatic heterocycles. The van der Waals surface area contributed by atoms with E-state index in [1.807, 2.05) is 38.1 Å². The molecule has 2 rings (SSSR count). The van der Waals surface area contributed by atoms with Crippen molar-refractivity contribution in [2.45, 2.75) is 34.1 Å². The molecule has 2 aromatic carbocycles. The highest BCUT2D eigenvalue weighted by molar-refractivity contribution is 5.99. The van der Waals surface area contributed by atoms with E-state index in [1.54, 1.807) is 0 Å². The van der Waals surface area contributed by atoms with Crippen molar-refractivity contribution >= 4 is 5.78 Å². The molecule has 0 saturated carbocycles. The van der Waals surface area contributed by atoms with Crippen LogP contribution in [0.25, 0.3) is 0 Å². The van der Waals surface area contributed by atoms with Gasteiger partial charge in [0.05, 0.1) is 0 Å². The SMILES string of the molecule is Cc1ccc(CC(=O)c2cccc(C)c2C)cc1C. The monoisotopic (exact) mass is 252 g/mol. The van der Waals surface area contributed by atoms with Crippen molar-refractivity contribution in [3.8, 4) is 0 Å². The van der Waals surface area contributed by atoms with Crippen LogP contribution < -0.4 is 0 Å². The fourth-order valence-corrected chi connectivity index (χ4v) is 2.25. The number of carbonyl (C=O) groups excluding carboxylic acids is 1. The Labute approximate surface area is 115 Å². The van der Waals surface area contributed by atoms with Crippen LogP contribution in [0.4, 0.5) is 0 Å². The number of hydrogen-bond donors (Lipinski definition) is 0. The van der Waals surface area contributed by atoms with Crippen LogP contribution >= 0.6 is 0 Å². The highest BCUT2D eigenvalue weighted by Gasteiger charge is 2.11. The maximum atomic E-state index is 12.4. The third-order valence-electron chi connectivity index (χ3n) is 3.84. The van der Waals surface area contributed by atoms with Crippen LogP contribution in [0.15, 0.2) is 36.4 Å². The summed E-state index contributed by atoms with van der Waals surface area (Å²) in [7, 11) is 0. The topological polar surface area (TPSA) is 17.1 Å². The van der Waals surface area contributed by atoms with Gasteiger partial charge in [-0.1, -0.05) is 36.4 Å². The lowest BCUT2D eigenvalue weighted by molar-refractivity contribution is 0.0992. The molecule has 0 heterocycles. The minimum absolute atomic E-state index is 0.199. The lowest BCUT2D eigenvalue weighted by atomic mass is 9.95. The Morgan fingerprint density at radius 2 is 1.63 bits per heavy atom. The molecule has 0 aliphatic rings. The minimum atomic E-state index is 0.199. The largest absolute Gasteiger partial charge is 0.294 e. The molecule has 2 aromatic rings. The summed E-state index contributed by atoms with van der Waals surface area (Å²) >= 11 is 0. The summed E-state index contributed by atoms with van der Waals surface area (Å²) in [6.07, 6.45) is 0.478. The van der Waals surface area contributed by atoms with Gasteiger partial charge in [0.25, 0.3) is 0 Å². The van der Waals surface area contributed by atoms with Crippen molar-refractivity contribution in [1.29, 1.82) is 0 Å². The Kier molecular flexibility index (Phi) is 3.84. The summed E-state index contributed by atoms with van der Waals surface area (Å²) < 4.78 is 0. The maximum Gasteiger partial charge on any atom is 0.167 e. The number of aryl methyl sites for hydroxylation is 3. The standard InChI is InChI=1S/C18H20O/c1-12-8-9-16(10-14(12)3)11-18(19)17-7-5-6-13(2)15(17)4/h5-10H,11H2,1-4H3. The van der Waals surface area contributed by atoms with E-state index < -0.39 is 0 Å². The van der Waals surface area contributed by atoms with Crippen molar-refractivity contribution < 1.29 is 4.79 Å². The van der Waals surface area contributed by atoms with E-state index >= 15 is 0 Å². The van der Waals surface area contributed by atoms with Gasteiger partial charge in [-0.2, -0.15) is 0 Å². The number of carbonyl (C=O) groups is 1. The Balaban J connectivity index is 2.26. The average molecular weight is 252 g/mol. The van der Waals surface area contributed by atoms with Gasteiger partial charge >= 0.3 is 0 Å². The summed E-state index contributed by atoms with van der Waals surface area (Å²) in [5, 5.41) is 0. The smallest absolute Gasteiger partial charge is 0.167 e. The Morgan fingerprint density at radius 3 is 2.32 bits per heavy atom. The fourth-order valence-electron chi connectivity index (χ4n) is 2.25. The zero-order chi connectivity index (χ0) is 14.0. The Morgan fingerprint density at radius 1 is 0.895 bits per heavy atom. The molecule has 1 heteroatoms. The molecule has 19 heavy (non-hydrogen) atoms. The van der Waals surface area contributed by atoms with Crippen LogP contribution in [0.3, 0.4) is 0 Å². The second-order valence-corrected chi connectivity index (χ2v) is 5.27. The normalized spacial score (nSPS) is 10.5. The number of rotatable bonds is 3. The zero-order valence-corrected chi connectivity index (χ0v) is 12.1. The number of Topliss-reactive ketones (excluding diaryl/α,β-unsaturated/α-hetero) is 1. The second-order valence-electron chi connectivity index (χ2n) is 5.27. The average Bonchev–Trinajstić information content (AvgIpc) is 2.37. The molecule has 0 spiro atoms. The highest BCUT2D eigenvalue weighted by atomic mass is 16.1. The first-order chi connectivity index (χ1) is 8.99. The molecule has 0 fully saturated rings. The van der Waals surface area contributed by atoms with E-state index in [1.165, 1.54) is 16.7 Å². The van der Waals surface area contributed by atoms with Crippen molar-refractivity contribution in [3.05, 3.63) is 69.8 Å². The molecule has 98 valence electrons. The van der Waals surface area contributed by atoms with E-state index in [-0.39, 0.29) is 5.78 Å². The first kappa shape index (κ1) is 13.5. The van der Waals surface area contributed by atoms with Gasteiger partial charge in [-0.25, -0.2) is 0 Å². The molecule has 0 N–H and O–H groups in total. The van der Waals surface area contributed by atoms with Crippen molar-refractivity contribution in [1.82, 2.24) is 0 Å². The van der Waals surface area contributed by atoms with E-state index in [0.717, 1.165) is 16.7 Å². The van der Waals surface area contributed by atoms with Crippen molar-refractivity contribution in [2.75, 3.05) is 0 Å². The van der Waals surface area contributed by atoms with Gasteiger partial charge in [-0.05, 0) is 55.5 Å². The van der Waals surface area contributed by atoms with Gasteiger partial charge in [-0.15, -0.1) is 0 Å². The molecule has 1 nitrogen and oxygen atoms in total. The molecule has 0 aliphatic carbocycles. The molecule has 0 atom stereocenters. The van der Waals surface area contributed by atoms with Crippen LogP contribution in [0.1, 0.15) is 38.2 Å². The minimum Gasteiger partial charge on any atom is -0.294 e. The summed E-state index contributed by atoms with van der Waals surface area (Å²) in [4.78, 5) is 12.4. The molecule has 0 aliphatic heterocycles. The molecule has 0 unspecified atom stereocenters. The summed E-state index contributed by atoms with van der Waals surface area (Å²) in [6.45, 7) is 8.23. The number of hydrogen-bond acceptors (Lipinski definition) is 1. The van der Waals surface area contributed by atoms with Gasteiger partial charge < -0.3 is 0 Å². The number of ketones is 1. The Hall–Kier alpha value is -1.89. The number of benzene rings is 2. The van der Waals surface area contributed by atoms with Gasteiger partial charge in [0.1, 0.15) is 0 Å². The van der Waals surface area contributed by atoms with Gasteiger partial charge in [-0.3, -0.25) is 4.79 Å². The Bertz CT molecular complexity index is 624. The first-order valence-corrected chi connectivity index (χ1v) is 6.64. The maximum absolute atomic E-state index is 12.4. The summed E-state index contributed by atoms with van der Waals surface area (Å²) in [5.41, 5.74) is 6.71. The zero-order valence-electron chi connectivity index (χ0n) is 12.1. The molecule has 0 amide bonds.